The first-order valence-corrected chi connectivity index (χ1v) is 6.36. The van der Waals surface area contributed by atoms with E-state index in [2.05, 4.69) is 4.90 Å². The minimum atomic E-state index is 0.716. The summed E-state index contributed by atoms with van der Waals surface area (Å²) < 4.78 is 0. The third kappa shape index (κ3) is 1.40. The van der Waals surface area contributed by atoms with Crippen LogP contribution in [0.3, 0.4) is 0 Å². The Morgan fingerprint density at radius 3 is 2.71 bits per heavy atom. The van der Waals surface area contributed by atoms with Crippen molar-refractivity contribution in [2.24, 2.45) is 17.6 Å². The third-order valence-corrected chi connectivity index (χ3v) is 4.68. The van der Waals surface area contributed by atoms with Crippen molar-refractivity contribution >= 4 is 0 Å². The van der Waals surface area contributed by atoms with Gasteiger partial charge in [0.25, 0.3) is 0 Å². The summed E-state index contributed by atoms with van der Waals surface area (Å²) in [7, 11) is 0. The molecule has 4 unspecified atom stereocenters. The summed E-state index contributed by atoms with van der Waals surface area (Å²) in [6.45, 7) is 2.21. The fourth-order valence-electron chi connectivity index (χ4n) is 3.80. The first-order chi connectivity index (χ1) is 6.90. The number of nitrogens with two attached hydrogens (primary N) is 1. The Hall–Kier alpha value is -0.0800. The van der Waals surface area contributed by atoms with Gasteiger partial charge in [-0.05, 0) is 50.5 Å². The van der Waals surface area contributed by atoms with Gasteiger partial charge in [-0.25, -0.2) is 0 Å². The fourth-order valence-corrected chi connectivity index (χ4v) is 3.80. The molecular formula is C12H22N2. The highest BCUT2D eigenvalue weighted by Crippen LogP contribution is 2.54. The molecule has 0 aromatic carbocycles. The van der Waals surface area contributed by atoms with Crippen LogP contribution in [0.4, 0.5) is 0 Å². The van der Waals surface area contributed by atoms with E-state index in [4.69, 9.17) is 5.73 Å². The second-order valence-electron chi connectivity index (χ2n) is 5.43. The average Bonchev–Trinajstić information content (AvgIpc) is 2.91. The lowest BCUT2D eigenvalue weighted by molar-refractivity contribution is 0.0901. The number of piperidine rings is 1. The summed E-state index contributed by atoms with van der Waals surface area (Å²) in [5, 5.41) is 0. The molecule has 14 heavy (non-hydrogen) atoms. The monoisotopic (exact) mass is 194 g/mol. The SMILES string of the molecule is NCC1CCCCN1C1CCC2CC21. The maximum absolute atomic E-state index is 5.88. The summed E-state index contributed by atoms with van der Waals surface area (Å²) in [5.74, 6) is 2.18. The molecule has 4 atom stereocenters. The summed E-state index contributed by atoms with van der Waals surface area (Å²) in [6.07, 6.45) is 8.65. The molecular weight excluding hydrogens is 172 g/mol. The molecule has 3 rings (SSSR count). The van der Waals surface area contributed by atoms with Crippen LogP contribution in [0.15, 0.2) is 0 Å². The van der Waals surface area contributed by atoms with E-state index in [-0.39, 0.29) is 0 Å². The lowest BCUT2D eigenvalue weighted by atomic mass is 9.98. The zero-order valence-electron chi connectivity index (χ0n) is 8.99. The molecule has 0 spiro atoms. The molecule has 0 aromatic rings. The molecule has 1 saturated heterocycles. The highest BCUT2D eigenvalue weighted by atomic mass is 15.2. The minimum absolute atomic E-state index is 0.716. The molecule has 1 aliphatic heterocycles. The van der Waals surface area contributed by atoms with Gasteiger partial charge in [0.2, 0.25) is 0 Å². The Morgan fingerprint density at radius 1 is 1.14 bits per heavy atom. The molecule has 3 aliphatic rings. The predicted molar refractivity (Wildman–Crippen MR) is 58.0 cm³/mol. The molecule has 80 valence electrons. The molecule has 2 aliphatic carbocycles. The molecule has 2 N–H and O–H groups in total. The van der Waals surface area contributed by atoms with Crippen LogP contribution in [-0.4, -0.2) is 30.1 Å². The van der Waals surface area contributed by atoms with Gasteiger partial charge in [-0.2, -0.15) is 0 Å². The number of hydrogen-bond acceptors (Lipinski definition) is 2. The lowest BCUT2D eigenvalue weighted by Gasteiger charge is -2.40. The first-order valence-electron chi connectivity index (χ1n) is 6.36. The van der Waals surface area contributed by atoms with E-state index < -0.39 is 0 Å². The van der Waals surface area contributed by atoms with Gasteiger partial charge in [0.1, 0.15) is 0 Å². The molecule has 2 heteroatoms. The van der Waals surface area contributed by atoms with Crippen molar-refractivity contribution in [1.29, 1.82) is 0 Å². The van der Waals surface area contributed by atoms with Crippen LogP contribution in [0.1, 0.15) is 38.5 Å². The van der Waals surface area contributed by atoms with Crippen molar-refractivity contribution < 1.29 is 0 Å². The molecule has 0 bridgehead atoms. The number of rotatable bonds is 2. The van der Waals surface area contributed by atoms with Gasteiger partial charge in [0, 0.05) is 18.6 Å². The van der Waals surface area contributed by atoms with E-state index >= 15 is 0 Å². The second-order valence-corrected chi connectivity index (χ2v) is 5.43. The molecule has 2 nitrogen and oxygen atoms in total. The van der Waals surface area contributed by atoms with E-state index in [1.807, 2.05) is 0 Å². The molecule has 2 saturated carbocycles. The number of nitrogens with zero attached hydrogens (tertiary/aromatic N) is 1. The molecule has 0 radical (unpaired) electrons. The van der Waals surface area contributed by atoms with E-state index in [0.29, 0.717) is 6.04 Å². The summed E-state index contributed by atoms with van der Waals surface area (Å²) in [6, 6.07) is 1.64. The molecule has 1 heterocycles. The Bertz CT molecular complexity index is 216. The Labute approximate surface area is 86.8 Å². The van der Waals surface area contributed by atoms with E-state index in [9.17, 15) is 0 Å². The Balaban J connectivity index is 1.68. The predicted octanol–water partition coefficient (Wildman–Crippen LogP) is 1.60. The van der Waals surface area contributed by atoms with Crippen molar-refractivity contribution in [3.8, 4) is 0 Å². The smallest absolute Gasteiger partial charge is 0.0221 e. The standard InChI is InChI=1S/C12H22N2/c13-8-10-3-1-2-6-14(10)12-5-4-9-7-11(9)12/h9-12H,1-8,13H2. The van der Waals surface area contributed by atoms with Crippen molar-refractivity contribution in [1.82, 2.24) is 4.90 Å². The summed E-state index contributed by atoms with van der Waals surface area (Å²) in [4.78, 5) is 2.77. The maximum atomic E-state index is 5.88. The van der Waals surface area contributed by atoms with Gasteiger partial charge in [0.15, 0.2) is 0 Å². The topological polar surface area (TPSA) is 29.3 Å². The maximum Gasteiger partial charge on any atom is 0.0221 e. The zero-order valence-corrected chi connectivity index (χ0v) is 8.99. The summed E-state index contributed by atoms with van der Waals surface area (Å²) in [5.41, 5.74) is 5.88. The Morgan fingerprint density at radius 2 is 2.07 bits per heavy atom. The van der Waals surface area contributed by atoms with Gasteiger partial charge < -0.3 is 5.73 Å². The first kappa shape index (κ1) is 9.17. The van der Waals surface area contributed by atoms with Gasteiger partial charge in [-0.3, -0.25) is 4.90 Å². The van der Waals surface area contributed by atoms with Crippen molar-refractivity contribution in [2.75, 3.05) is 13.1 Å². The number of likely N-dealkylation sites (tertiary alicyclic amines) is 1. The minimum Gasteiger partial charge on any atom is -0.329 e. The fraction of sp³-hybridized carbons (Fsp3) is 1.00. The van der Waals surface area contributed by atoms with Crippen LogP contribution in [0.5, 0.6) is 0 Å². The lowest BCUT2D eigenvalue weighted by Crippen LogP contribution is -2.49. The highest BCUT2D eigenvalue weighted by Gasteiger charge is 2.50. The largest absolute Gasteiger partial charge is 0.329 e. The van der Waals surface area contributed by atoms with Crippen LogP contribution in [-0.2, 0) is 0 Å². The van der Waals surface area contributed by atoms with Gasteiger partial charge in [-0.1, -0.05) is 6.42 Å². The second kappa shape index (κ2) is 3.49. The van der Waals surface area contributed by atoms with Gasteiger partial charge in [0.05, 0.1) is 0 Å². The van der Waals surface area contributed by atoms with Crippen LogP contribution < -0.4 is 5.73 Å². The Kier molecular flexibility index (Phi) is 2.29. The highest BCUT2D eigenvalue weighted by molar-refractivity contribution is 5.03. The van der Waals surface area contributed by atoms with E-state index in [1.165, 1.54) is 45.1 Å². The van der Waals surface area contributed by atoms with Crippen LogP contribution in [0, 0.1) is 11.8 Å². The van der Waals surface area contributed by atoms with Crippen molar-refractivity contribution in [3.05, 3.63) is 0 Å². The quantitative estimate of drug-likeness (QED) is 0.723. The third-order valence-electron chi connectivity index (χ3n) is 4.68. The van der Waals surface area contributed by atoms with Gasteiger partial charge >= 0.3 is 0 Å². The van der Waals surface area contributed by atoms with Crippen LogP contribution in [0.25, 0.3) is 0 Å². The summed E-state index contributed by atoms with van der Waals surface area (Å²) >= 11 is 0. The number of fused-ring (bicyclic) bond motifs is 1. The van der Waals surface area contributed by atoms with E-state index in [1.54, 1.807) is 0 Å². The molecule has 0 aromatic heterocycles. The van der Waals surface area contributed by atoms with Crippen molar-refractivity contribution in [3.63, 3.8) is 0 Å². The van der Waals surface area contributed by atoms with Gasteiger partial charge in [-0.15, -0.1) is 0 Å². The van der Waals surface area contributed by atoms with E-state index in [0.717, 1.165) is 24.4 Å². The number of hydrogen-bond donors (Lipinski definition) is 1. The molecule has 3 fully saturated rings. The zero-order chi connectivity index (χ0) is 9.54. The van der Waals surface area contributed by atoms with Crippen LogP contribution in [0.2, 0.25) is 0 Å². The molecule has 0 amide bonds. The normalized spacial score (nSPS) is 47.8. The van der Waals surface area contributed by atoms with Crippen LogP contribution >= 0.6 is 0 Å². The van der Waals surface area contributed by atoms with Crippen molar-refractivity contribution in [2.45, 2.75) is 50.6 Å². The average molecular weight is 194 g/mol.